The number of carbonyl (C=O) groups is 1. The van der Waals surface area contributed by atoms with Crippen LogP contribution in [0.5, 0.6) is 0 Å². The molecule has 3 nitrogen and oxygen atoms in total. The van der Waals surface area contributed by atoms with E-state index in [0.29, 0.717) is 6.54 Å². The Labute approximate surface area is 105 Å². The number of likely N-dealkylation sites (tertiary alicyclic amines) is 1. The van der Waals surface area contributed by atoms with Crippen molar-refractivity contribution < 1.29 is 9.53 Å². The summed E-state index contributed by atoms with van der Waals surface area (Å²) in [5.41, 5.74) is -0.359. The molecule has 0 saturated carbocycles. The topological polar surface area (TPSA) is 29.5 Å². The second-order valence-corrected chi connectivity index (χ2v) is 6.49. The highest BCUT2D eigenvalue weighted by molar-refractivity contribution is 5.69. The van der Waals surface area contributed by atoms with Gasteiger partial charge in [-0.1, -0.05) is 19.8 Å². The number of hydrogen-bond acceptors (Lipinski definition) is 2. The number of carbonyl (C=O) groups excluding carboxylic acids is 1. The summed E-state index contributed by atoms with van der Waals surface area (Å²) >= 11 is 0. The number of ether oxygens (including phenoxy) is 1. The summed E-state index contributed by atoms with van der Waals surface area (Å²) in [6.07, 6.45) is 7.08. The molecule has 0 aromatic heterocycles. The lowest BCUT2D eigenvalue weighted by Crippen LogP contribution is -2.50. The van der Waals surface area contributed by atoms with Crippen LogP contribution >= 0.6 is 0 Å². The molecule has 1 saturated heterocycles. The molecule has 17 heavy (non-hydrogen) atoms. The van der Waals surface area contributed by atoms with Crippen molar-refractivity contribution in [2.75, 3.05) is 6.54 Å². The highest BCUT2D eigenvalue weighted by atomic mass is 16.6. The van der Waals surface area contributed by atoms with Gasteiger partial charge in [0, 0.05) is 6.54 Å². The lowest BCUT2D eigenvalue weighted by Gasteiger charge is -2.41. The zero-order valence-corrected chi connectivity index (χ0v) is 11.5. The number of nitrogens with zero attached hydrogens (tertiary/aromatic N) is 1. The molecule has 1 amide bonds. The van der Waals surface area contributed by atoms with Crippen LogP contribution in [-0.2, 0) is 4.74 Å². The summed E-state index contributed by atoms with van der Waals surface area (Å²) in [5.74, 6) is 2.68. The molecular weight excluding hydrogens is 214 g/mol. The van der Waals surface area contributed by atoms with E-state index in [-0.39, 0.29) is 17.6 Å². The first-order chi connectivity index (χ1) is 7.64. The van der Waals surface area contributed by atoms with Gasteiger partial charge in [0.25, 0.3) is 0 Å². The summed E-state index contributed by atoms with van der Waals surface area (Å²) in [6.45, 7) is 10.6. The summed E-state index contributed by atoms with van der Waals surface area (Å²) in [5, 5.41) is 0. The van der Waals surface area contributed by atoms with Gasteiger partial charge in [-0.25, -0.2) is 4.79 Å². The van der Waals surface area contributed by atoms with Gasteiger partial charge in [-0.15, -0.1) is 6.42 Å². The second kappa shape index (κ2) is 4.60. The maximum absolute atomic E-state index is 12.1. The molecule has 1 atom stereocenters. The lowest BCUT2D eigenvalue weighted by molar-refractivity contribution is 0.000868. The van der Waals surface area contributed by atoms with Crippen molar-refractivity contribution in [1.29, 1.82) is 0 Å². The van der Waals surface area contributed by atoms with Crippen molar-refractivity contribution in [3.05, 3.63) is 0 Å². The fourth-order valence-electron chi connectivity index (χ4n) is 2.02. The number of hydrogen-bond donors (Lipinski definition) is 0. The van der Waals surface area contributed by atoms with E-state index < -0.39 is 5.60 Å². The van der Waals surface area contributed by atoms with Crippen LogP contribution in [0.15, 0.2) is 0 Å². The Balaban J connectivity index is 2.78. The molecule has 1 aliphatic heterocycles. The van der Waals surface area contributed by atoms with Gasteiger partial charge in [-0.3, -0.25) is 4.90 Å². The van der Waals surface area contributed by atoms with Crippen LogP contribution in [0, 0.1) is 17.8 Å². The molecule has 0 N–H and O–H groups in total. The lowest BCUT2D eigenvalue weighted by atomic mass is 9.81. The van der Waals surface area contributed by atoms with Crippen LogP contribution in [0.3, 0.4) is 0 Å². The largest absolute Gasteiger partial charge is 0.444 e. The van der Waals surface area contributed by atoms with E-state index in [9.17, 15) is 4.79 Å². The third kappa shape index (κ3) is 3.96. The van der Waals surface area contributed by atoms with Gasteiger partial charge >= 0.3 is 6.09 Å². The Morgan fingerprint density at radius 2 is 2.06 bits per heavy atom. The maximum atomic E-state index is 12.1. The monoisotopic (exact) mass is 237 g/mol. The van der Waals surface area contributed by atoms with Crippen LogP contribution in [0.2, 0.25) is 0 Å². The molecule has 0 aliphatic carbocycles. The van der Waals surface area contributed by atoms with Crippen LogP contribution in [-0.4, -0.2) is 29.2 Å². The highest BCUT2D eigenvalue weighted by Gasteiger charge is 2.36. The molecule has 3 heteroatoms. The van der Waals surface area contributed by atoms with E-state index in [1.165, 1.54) is 0 Å². The average Bonchev–Trinajstić information content (AvgIpc) is 2.13. The van der Waals surface area contributed by atoms with Gasteiger partial charge in [0.15, 0.2) is 0 Å². The molecular formula is C14H23NO2. The zero-order valence-electron chi connectivity index (χ0n) is 11.5. The van der Waals surface area contributed by atoms with E-state index in [1.54, 1.807) is 4.90 Å². The van der Waals surface area contributed by atoms with Crippen molar-refractivity contribution in [2.24, 2.45) is 5.41 Å². The van der Waals surface area contributed by atoms with Gasteiger partial charge in [0.05, 0.1) is 6.04 Å². The Morgan fingerprint density at radius 1 is 1.47 bits per heavy atom. The Kier molecular flexibility index (Phi) is 3.76. The van der Waals surface area contributed by atoms with E-state index in [2.05, 4.69) is 19.8 Å². The Hall–Kier alpha value is -1.17. The van der Waals surface area contributed by atoms with E-state index >= 15 is 0 Å². The summed E-state index contributed by atoms with van der Waals surface area (Å²) in [6, 6.07) is -0.127. The molecule has 1 fully saturated rings. The molecule has 1 rings (SSSR count). The minimum absolute atomic E-state index is 0.115. The summed E-state index contributed by atoms with van der Waals surface area (Å²) in [7, 11) is 0. The van der Waals surface area contributed by atoms with Gasteiger partial charge in [0.1, 0.15) is 5.60 Å². The normalized spacial score (nSPS) is 24.0. The first-order valence-corrected chi connectivity index (χ1v) is 6.10. The second-order valence-electron chi connectivity index (χ2n) is 6.49. The number of terminal acetylenes is 1. The molecule has 96 valence electrons. The molecule has 1 unspecified atom stereocenters. The Bertz CT molecular complexity index is 333. The number of amides is 1. The summed E-state index contributed by atoms with van der Waals surface area (Å²) < 4.78 is 5.39. The van der Waals surface area contributed by atoms with E-state index in [4.69, 9.17) is 11.2 Å². The Morgan fingerprint density at radius 3 is 2.53 bits per heavy atom. The standard InChI is InChI=1S/C14H23NO2/c1-7-11-8-9-14(5,6)10-15(11)12(16)17-13(2,3)4/h1,11H,8-10H2,2-6H3. The van der Waals surface area contributed by atoms with Crippen molar-refractivity contribution >= 4 is 6.09 Å². The maximum Gasteiger partial charge on any atom is 0.411 e. The van der Waals surface area contributed by atoms with Gasteiger partial charge in [0.2, 0.25) is 0 Å². The SMILES string of the molecule is C#CC1CCC(C)(C)CN1C(=O)OC(C)(C)C. The van der Waals surface area contributed by atoms with Crippen molar-refractivity contribution in [3.8, 4) is 12.3 Å². The van der Waals surface area contributed by atoms with Gasteiger partial charge in [-0.05, 0) is 39.0 Å². The van der Waals surface area contributed by atoms with Crippen molar-refractivity contribution in [2.45, 2.75) is 59.1 Å². The number of piperidine rings is 1. The first-order valence-electron chi connectivity index (χ1n) is 6.10. The van der Waals surface area contributed by atoms with E-state index in [0.717, 1.165) is 12.8 Å². The quantitative estimate of drug-likeness (QED) is 0.606. The van der Waals surface area contributed by atoms with Crippen LogP contribution in [0.25, 0.3) is 0 Å². The molecule has 0 aromatic rings. The third-order valence-electron chi connectivity index (χ3n) is 2.89. The van der Waals surface area contributed by atoms with Crippen molar-refractivity contribution in [1.82, 2.24) is 4.90 Å². The summed E-state index contributed by atoms with van der Waals surface area (Å²) in [4.78, 5) is 13.8. The minimum Gasteiger partial charge on any atom is -0.444 e. The molecule has 0 radical (unpaired) electrons. The van der Waals surface area contributed by atoms with Crippen LogP contribution < -0.4 is 0 Å². The molecule has 0 aromatic carbocycles. The van der Waals surface area contributed by atoms with Gasteiger partial charge < -0.3 is 4.74 Å². The van der Waals surface area contributed by atoms with Gasteiger partial charge in [-0.2, -0.15) is 0 Å². The van der Waals surface area contributed by atoms with Crippen LogP contribution in [0.4, 0.5) is 4.79 Å². The number of rotatable bonds is 0. The third-order valence-corrected chi connectivity index (χ3v) is 2.89. The van der Waals surface area contributed by atoms with Crippen LogP contribution in [0.1, 0.15) is 47.5 Å². The first kappa shape index (κ1) is 13.9. The molecule has 1 heterocycles. The van der Waals surface area contributed by atoms with E-state index in [1.807, 2.05) is 20.8 Å². The fourth-order valence-corrected chi connectivity index (χ4v) is 2.02. The fraction of sp³-hybridized carbons (Fsp3) is 0.786. The molecule has 1 aliphatic rings. The molecule has 0 spiro atoms. The predicted molar refractivity (Wildman–Crippen MR) is 68.6 cm³/mol. The zero-order chi connectivity index (χ0) is 13.3. The smallest absolute Gasteiger partial charge is 0.411 e. The minimum atomic E-state index is -0.474. The predicted octanol–water partition coefficient (Wildman–Crippen LogP) is 3.05. The highest BCUT2D eigenvalue weighted by Crippen LogP contribution is 2.32. The molecule has 0 bridgehead atoms. The average molecular weight is 237 g/mol. The van der Waals surface area contributed by atoms with Crippen molar-refractivity contribution in [3.63, 3.8) is 0 Å².